The van der Waals surface area contributed by atoms with Crippen molar-refractivity contribution in [1.29, 1.82) is 0 Å². The highest BCUT2D eigenvalue weighted by molar-refractivity contribution is 8.93. The number of aliphatic hydroxyl groups excluding tert-OH is 1. The molecule has 114 valence electrons. The molecule has 0 radical (unpaired) electrons. The SMILES string of the molecule is Br.NC(c1ccc(Cl)cc1)C(O)CCCCCOP=O. The topological polar surface area (TPSA) is 72.6 Å². The van der Waals surface area contributed by atoms with E-state index in [9.17, 15) is 9.67 Å². The molecular formula is C13H20BrClNO3P. The number of unbranched alkanes of at least 4 members (excludes halogenated alkanes) is 2. The van der Waals surface area contributed by atoms with Crippen LogP contribution in [0.3, 0.4) is 0 Å². The summed E-state index contributed by atoms with van der Waals surface area (Å²) in [6, 6.07) is 6.80. The van der Waals surface area contributed by atoms with Gasteiger partial charge in [0, 0.05) is 5.02 Å². The Bertz CT molecular complexity index is 380. The molecular weight excluding hydrogens is 364 g/mol. The molecule has 0 spiro atoms. The molecule has 0 bridgehead atoms. The number of aliphatic hydroxyl groups is 1. The average Bonchev–Trinajstić information content (AvgIpc) is 2.42. The van der Waals surface area contributed by atoms with E-state index < -0.39 is 12.1 Å². The molecule has 0 aliphatic rings. The maximum atomic E-state index is 10.0. The van der Waals surface area contributed by atoms with E-state index in [2.05, 4.69) is 4.52 Å². The van der Waals surface area contributed by atoms with Crippen molar-refractivity contribution in [3.8, 4) is 0 Å². The van der Waals surface area contributed by atoms with Gasteiger partial charge in [-0.25, -0.2) is 4.57 Å². The van der Waals surface area contributed by atoms with Gasteiger partial charge in [0.05, 0.1) is 18.8 Å². The number of hydrogen-bond donors (Lipinski definition) is 2. The zero-order valence-corrected chi connectivity index (χ0v) is 14.4. The summed E-state index contributed by atoms with van der Waals surface area (Å²) >= 11 is 5.80. The van der Waals surface area contributed by atoms with Crippen LogP contribution >= 0.6 is 37.3 Å². The molecule has 0 amide bonds. The summed E-state index contributed by atoms with van der Waals surface area (Å²) < 4.78 is 14.7. The fraction of sp³-hybridized carbons (Fsp3) is 0.538. The van der Waals surface area contributed by atoms with Crippen molar-refractivity contribution in [1.82, 2.24) is 0 Å². The normalized spacial score (nSPS) is 13.8. The van der Waals surface area contributed by atoms with Crippen LogP contribution in [0.25, 0.3) is 0 Å². The van der Waals surface area contributed by atoms with Gasteiger partial charge >= 0.3 is 8.69 Å². The third-order valence-electron chi connectivity index (χ3n) is 2.96. The Morgan fingerprint density at radius 1 is 1.25 bits per heavy atom. The minimum atomic E-state index is -0.570. The molecule has 20 heavy (non-hydrogen) atoms. The van der Waals surface area contributed by atoms with Crippen LogP contribution in [-0.4, -0.2) is 17.8 Å². The van der Waals surface area contributed by atoms with Gasteiger partial charge in [0.1, 0.15) is 0 Å². The highest BCUT2D eigenvalue weighted by Crippen LogP contribution is 2.20. The third-order valence-corrected chi connectivity index (χ3v) is 3.50. The first kappa shape index (κ1) is 20.0. The summed E-state index contributed by atoms with van der Waals surface area (Å²) in [6.07, 6.45) is 2.68. The second kappa shape index (κ2) is 11.6. The second-order valence-corrected chi connectivity index (χ2v) is 5.25. The molecule has 2 unspecified atom stereocenters. The molecule has 2 atom stereocenters. The molecule has 1 rings (SSSR count). The van der Waals surface area contributed by atoms with Gasteiger partial charge in [0.15, 0.2) is 0 Å². The molecule has 0 aliphatic carbocycles. The van der Waals surface area contributed by atoms with Crippen LogP contribution in [0.2, 0.25) is 5.02 Å². The molecule has 1 aromatic rings. The lowest BCUT2D eigenvalue weighted by atomic mass is 9.98. The standard InChI is InChI=1S/C13H19ClNO3P.BrH/c14-11-7-5-10(6-8-11)13(15)12(16)4-2-1-3-9-18-19-17;/h5-8,12-13,16H,1-4,9,15H2;1H. The van der Waals surface area contributed by atoms with Gasteiger partial charge in [0.25, 0.3) is 0 Å². The van der Waals surface area contributed by atoms with E-state index in [-0.39, 0.29) is 25.7 Å². The van der Waals surface area contributed by atoms with Gasteiger partial charge in [0.2, 0.25) is 0 Å². The minimum Gasteiger partial charge on any atom is -0.391 e. The molecule has 1 aromatic carbocycles. The van der Waals surface area contributed by atoms with Crippen LogP contribution in [0.1, 0.15) is 37.3 Å². The van der Waals surface area contributed by atoms with Crippen LogP contribution in [0.4, 0.5) is 0 Å². The first-order valence-electron chi connectivity index (χ1n) is 6.29. The van der Waals surface area contributed by atoms with Crippen molar-refractivity contribution >= 4 is 37.3 Å². The Hall–Kier alpha value is -0.0300. The van der Waals surface area contributed by atoms with Crippen molar-refractivity contribution in [2.24, 2.45) is 5.73 Å². The first-order chi connectivity index (χ1) is 9.15. The number of rotatable bonds is 9. The van der Waals surface area contributed by atoms with Crippen molar-refractivity contribution in [3.05, 3.63) is 34.9 Å². The molecule has 0 fully saturated rings. The summed E-state index contributed by atoms with van der Waals surface area (Å²) in [5.74, 6) is 0. The van der Waals surface area contributed by atoms with Gasteiger partial charge in [-0.1, -0.05) is 36.6 Å². The minimum absolute atomic E-state index is 0. The predicted molar refractivity (Wildman–Crippen MR) is 86.7 cm³/mol. The lowest BCUT2D eigenvalue weighted by Crippen LogP contribution is -2.26. The quantitative estimate of drug-likeness (QED) is 0.497. The Morgan fingerprint density at radius 3 is 2.50 bits per heavy atom. The lowest BCUT2D eigenvalue weighted by molar-refractivity contribution is 0.131. The van der Waals surface area contributed by atoms with E-state index in [0.29, 0.717) is 18.1 Å². The van der Waals surface area contributed by atoms with Crippen LogP contribution in [0.15, 0.2) is 24.3 Å². The lowest BCUT2D eigenvalue weighted by Gasteiger charge is -2.19. The van der Waals surface area contributed by atoms with Crippen molar-refractivity contribution < 1.29 is 14.2 Å². The number of nitrogens with two attached hydrogens (primary N) is 1. The molecule has 3 N–H and O–H groups in total. The zero-order valence-electron chi connectivity index (χ0n) is 11.1. The number of benzene rings is 1. The van der Waals surface area contributed by atoms with E-state index in [1.807, 2.05) is 12.1 Å². The molecule has 0 aliphatic heterocycles. The van der Waals surface area contributed by atoms with E-state index in [0.717, 1.165) is 24.8 Å². The van der Waals surface area contributed by atoms with Crippen molar-refractivity contribution in [2.45, 2.75) is 37.8 Å². The van der Waals surface area contributed by atoms with Gasteiger partial charge in [-0.15, -0.1) is 17.0 Å². The van der Waals surface area contributed by atoms with Crippen LogP contribution in [0, 0.1) is 0 Å². The first-order valence-corrected chi connectivity index (χ1v) is 7.39. The maximum Gasteiger partial charge on any atom is 0.327 e. The van der Waals surface area contributed by atoms with Gasteiger partial charge in [-0.05, 0) is 30.5 Å². The summed E-state index contributed by atoms with van der Waals surface area (Å²) in [5, 5.41) is 10.7. The Morgan fingerprint density at radius 2 is 1.90 bits per heavy atom. The predicted octanol–water partition coefficient (Wildman–Crippen LogP) is 4.06. The molecule has 7 heteroatoms. The summed E-state index contributed by atoms with van der Waals surface area (Å²) in [4.78, 5) is 0. The molecule has 4 nitrogen and oxygen atoms in total. The van der Waals surface area contributed by atoms with E-state index in [4.69, 9.17) is 17.3 Å². The molecule has 0 heterocycles. The maximum absolute atomic E-state index is 10.0. The van der Waals surface area contributed by atoms with Gasteiger partial charge < -0.3 is 10.8 Å². The van der Waals surface area contributed by atoms with Crippen LogP contribution in [-0.2, 0) is 9.09 Å². The summed E-state index contributed by atoms with van der Waals surface area (Å²) in [5.41, 5.74) is 6.87. The zero-order chi connectivity index (χ0) is 14.1. The highest BCUT2D eigenvalue weighted by Gasteiger charge is 2.16. The van der Waals surface area contributed by atoms with Gasteiger partial charge in [-0.2, -0.15) is 0 Å². The van der Waals surface area contributed by atoms with Crippen LogP contribution < -0.4 is 5.73 Å². The fourth-order valence-corrected chi connectivity index (χ4v) is 2.15. The monoisotopic (exact) mass is 383 g/mol. The van der Waals surface area contributed by atoms with Crippen LogP contribution in [0.5, 0.6) is 0 Å². The Labute approximate surface area is 136 Å². The Balaban J connectivity index is 0.00000361. The van der Waals surface area contributed by atoms with Crippen molar-refractivity contribution in [2.75, 3.05) is 6.61 Å². The second-order valence-electron chi connectivity index (χ2n) is 4.40. The average molecular weight is 385 g/mol. The van der Waals surface area contributed by atoms with E-state index in [1.165, 1.54) is 0 Å². The molecule has 0 saturated heterocycles. The molecule has 0 aromatic heterocycles. The van der Waals surface area contributed by atoms with Crippen molar-refractivity contribution in [3.63, 3.8) is 0 Å². The third kappa shape index (κ3) is 7.67. The van der Waals surface area contributed by atoms with Gasteiger partial charge in [-0.3, -0.25) is 4.52 Å². The number of halogens is 2. The summed E-state index contributed by atoms with van der Waals surface area (Å²) in [6.45, 7) is 0.477. The summed E-state index contributed by atoms with van der Waals surface area (Å²) in [7, 11) is -0.275. The smallest absolute Gasteiger partial charge is 0.327 e. The molecule has 0 saturated carbocycles. The largest absolute Gasteiger partial charge is 0.391 e. The number of hydrogen-bond acceptors (Lipinski definition) is 4. The fourth-order valence-electron chi connectivity index (χ4n) is 1.82. The highest BCUT2D eigenvalue weighted by atomic mass is 79.9. The Kier molecular flexibility index (Phi) is 11.6. The van der Waals surface area contributed by atoms with E-state index in [1.54, 1.807) is 12.1 Å². The van der Waals surface area contributed by atoms with E-state index >= 15 is 0 Å².